The number of hydrogen-bond donors (Lipinski definition) is 1. The molecule has 1 saturated heterocycles. The first-order valence-corrected chi connectivity index (χ1v) is 9.28. The summed E-state index contributed by atoms with van der Waals surface area (Å²) in [4.78, 5) is 18.9. The van der Waals surface area contributed by atoms with Crippen molar-refractivity contribution in [2.75, 3.05) is 20.2 Å². The topological polar surface area (TPSA) is 63.7 Å². The van der Waals surface area contributed by atoms with Gasteiger partial charge >= 0.3 is 0 Å². The lowest BCUT2D eigenvalue weighted by Gasteiger charge is -2.35. The van der Waals surface area contributed by atoms with Crippen molar-refractivity contribution in [1.82, 2.24) is 15.2 Å². The summed E-state index contributed by atoms with van der Waals surface area (Å²) in [5, 5.41) is 2.92. The summed E-state index contributed by atoms with van der Waals surface area (Å²) in [5.74, 6) is 0.420. The number of pyridine rings is 1. The number of carbonyl (C=O) groups is 1. The Labute approximate surface area is 160 Å². The number of nitrogens with zero attached hydrogens (tertiary/aromatic N) is 2. The molecule has 144 valence electrons. The Morgan fingerprint density at radius 1 is 1.22 bits per heavy atom. The second-order valence-electron chi connectivity index (χ2n) is 7.00. The van der Waals surface area contributed by atoms with Crippen LogP contribution in [0.4, 0.5) is 0 Å². The third-order valence-electron chi connectivity index (χ3n) is 4.60. The van der Waals surface area contributed by atoms with E-state index in [4.69, 9.17) is 9.47 Å². The number of carbonyl (C=O) groups excluding carboxylic acids is 1. The zero-order valence-corrected chi connectivity index (χ0v) is 16.1. The number of aromatic nitrogens is 1. The molecule has 1 fully saturated rings. The number of benzene rings is 1. The van der Waals surface area contributed by atoms with Gasteiger partial charge in [-0.25, -0.2) is 4.98 Å². The normalized spacial score (nSPS) is 20.3. The van der Waals surface area contributed by atoms with Crippen molar-refractivity contribution in [2.45, 2.75) is 39.1 Å². The molecule has 0 radical (unpaired) electrons. The Hall–Kier alpha value is -2.44. The Morgan fingerprint density at radius 3 is 2.59 bits per heavy atom. The lowest BCUT2D eigenvalue weighted by molar-refractivity contribution is -0.0704. The fourth-order valence-electron chi connectivity index (χ4n) is 3.45. The monoisotopic (exact) mass is 369 g/mol. The van der Waals surface area contributed by atoms with Gasteiger partial charge in [0.2, 0.25) is 5.88 Å². The summed E-state index contributed by atoms with van der Waals surface area (Å²) < 4.78 is 11.0. The summed E-state index contributed by atoms with van der Waals surface area (Å²) in [5.41, 5.74) is 2.69. The summed E-state index contributed by atoms with van der Waals surface area (Å²) in [6.45, 7) is 7.31. The quantitative estimate of drug-likeness (QED) is 0.848. The molecular weight excluding hydrogens is 342 g/mol. The van der Waals surface area contributed by atoms with E-state index in [0.29, 0.717) is 18.0 Å². The SMILES string of the molecule is COc1ncccc1CNC(=O)c1ccc(CN2C[C@H](C)O[C@@H](C)C2)cc1. The standard InChI is InChI=1S/C21H27N3O3/c1-15-12-24(13-16(2)27-15)14-17-6-8-18(9-7-17)20(25)23-11-19-5-4-10-22-21(19)26-3/h4-10,15-16H,11-14H2,1-3H3,(H,23,25)/t15-,16-/m0/s1. The van der Waals surface area contributed by atoms with Crippen LogP contribution in [0.3, 0.4) is 0 Å². The van der Waals surface area contributed by atoms with Gasteiger partial charge in [0.15, 0.2) is 0 Å². The zero-order chi connectivity index (χ0) is 19.2. The van der Waals surface area contributed by atoms with Crippen LogP contribution >= 0.6 is 0 Å². The smallest absolute Gasteiger partial charge is 0.251 e. The Balaban J connectivity index is 1.55. The molecule has 1 amide bonds. The number of morpholine rings is 1. The molecule has 1 N–H and O–H groups in total. The van der Waals surface area contributed by atoms with E-state index in [2.05, 4.69) is 29.0 Å². The highest BCUT2D eigenvalue weighted by Gasteiger charge is 2.22. The molecule has 0 saturated carbocycles. The average molecular weight is 369 g/mol. The van der Waals surface area contributed by atoms with Crippen LogP contribution in [-0.4, -0.2) is 48.2 Å². The zero-order valence-electron chi connectivity index (χ0n) is 16.1. The van der Waals surface area contributed by atoms with Gasteiger partial charge in [-0.1, -0.05) is 18.2 Å². The minimum absolute atomic E-state index is 0.110. The Bertz CT molecular complexity index is 754. The van der Waals surface area contributed by atoms with Gasteiger partial charge in [0.25, 0.3) is 5.91 Å². The van der Waals surface area contributed by atoms with Crippen molar-refractivity contribution in [1.29, 1.82) is 0 Å². The maximum atomic E-state index is 12.4. The van der Waals surface area contributed by atoms with E-state index in [-0.39, 0.29) is 18.1 Å². The fraction of sp³-hybridized carbons (Fsp3) is 0.429. The van der Waals surface area contributed by atoms with Crippen molar-refractivity contribution >= 4 is 5.91 Å². The van der Waals surface area contributed by atoms with E-state index in [1.807, 2.05) is 36.4 Å². The minimum Gasteiger partial charge on any atom is -0.481 e. The summed E-state index contributed by atoms with van der Waals surface area (Å²) >= 11 is 0. The molecule has 0 spiro atoms. The molecule has 0 aliphatic carbocycles. The van der Waals surface area contributed by atoms with Crippen molar-refractivity contribution in [3.63, 3.8) is 0 Å². The van der Waals surface area contributed by atoms with E-state index in [1.54, 1.807) is 13.3 Å². The maximum absolute atomic E-state index is 12.4. The molecule has 0 unspecified atom stereocenters. The number of amides is 1. The van der Waals surface area contributed by atoms with Crippen LogP contribution in [0.2, 0.25) is 0 Å². The van der Waals surface area contributed by atoms with Crippen LogP contribution in [0.25, 0.3) is 0 Å². The molecule has 1 aliphatic rings. The molecule has 3 rings (SSSR count). The lowest BCUT2D eigenvalue weighted by Crippen LogP contribution is -2.44. The highest BCUT2D eigenvalue weighted by molar-refractivity contribution is 5.94. The molecule has 2 atom stereocenters. The van der Waals surface area contributed by atoms with Gasteiger partial charge < -0.3 is 14.8 Å². The van der Waals surface area contributed by atoms with Crippen molar-refractivity contribution < 1.29 is 14.3 Å². The highest BCUT2D eigenvalue weighted by atomic mass is 16.5. The predicted octanol–water partition coefficient (Wildman–Crippen LogP) is 2.63. The van der Waals surface area contributed by atoms with Crippen molar-refractivity contribution in [3.8, 4) is 5.88 Å². The number of hydrogen-bond acceptors (Lipinski definition) is 5. The maximum Gasteiger partial charge on any atom is 0.251 e. The minimum atomic E-state index is -0.110. The third kappa shape index (κ3) is 5.28. The molecule has 1 aromatic carbocycles. The van der Waals surface area contributed by atoms with E-state index in [1.165, 1.54) is 5.56 Å². The fourth-order valence-corrected chi connectivity index (χ4v) is 3.45. The molecule has 2 heterocycles. The van der Waals surface area contributed by atoms with Crippen LogP contribution in [-0.2, 0) is 17.8 Å². The van der Waals surface area contributed by atoms with E-state index >= 15 is 0 Å². The van der Waals surface area contributed by atoms with Crippen molar-refractivity contribution in [2.24, 2.45) is 0 Å². The summed E-state index contributed by atoms with van der Waals surface area (Å²) in [6, 6.07) is 11.5. The highest BCUT2D eigenvalue weighted by Crippen LogP contribution is 2.16. The van der Waals surface area contributed by atoms with Crippen LogP contribution in [0.1, 0.15) is 35.3 Å². The molecule has 1 aliphatic heterocycles. The molecular formula is C21H27N3O3. The molecule has 6 heteroatoms. The number of nitrogens with one attached hydrogen (secondary N) is 1. The molecule has 2 aromatic rings. The summed E-state index contributed by atoms with van der Waals surface area (Å²) in [7, 11) is 1.57. The third-order valence-corrected chi connectivity index (χ3v) is 4.60. The molecule has 27 heavy (non-hydrogen) atoms. The van der Waals surface area contributed by atoms with Gasteiger partial charge in [-0.15, -0.1) is 0 Å². The first-order chi connectivity index (χ1) is 13.0. The van der Waals surface area contributed by atoms with Gasteiger partial charge in [0, 0.05) is 43.5 Å². The lowest BCUT2D eigenvalue weighted by atomic mass is 10.1. The number of ether oxygens (including phenoxy) is 2. The molecule has 0 bridgehead atoms. The second kappa shape index (κ2) is 8.97. The first kappa shape index (κ1) is 19.3. The average Bonchev–Trinajstić information content (AvgIpc) is 2.66. The van der Waals surface area contributed by atoms with Gasteiger partial charge in [0.05, 0.1) is 19.3 Å². The Morgan fingerprint density at radius 2 is 1.93 bits per heavy atom. The van der Waals surface area contributed by atoms with E-state index in [0.717, 1.165) is 25.2 Å². The van der Waals surface area contributed by atoms with Crippen LogP contribution in [0.5, 0.6) is 5.88 Å². The Kier molecular flexibility index (Phi) is 6.42. The first-order valence-electron chi connectivity index (χ1n) is 9.28. The molecule has 1 aromatic heterocycles. The van der Waals surface area contributed by atoms with E-state index < -0.39 is 0 Å². The van der Waals surface area contributed by atoms with Crippen LogP contribution in [0, 0.1) is 0 Å². The van der Waals surface area contributed by atoms with Gasteiger partial charge in [-0.2, -0.15) is 0 Å². The van der Waals surface area contributed by atoms with Gasteiger partial charge in [-0.3, -0.25) is 9.69 Å². The number of methoxy groups -OCH3 is 1. The largest absolute Gasteiger partial charge is 0.481 e. The van der Waals surface area contributed by atoms with Crippen LogP contribution in [0.15, 0.2) is 42.6 Å². The van der Waals surface area contributed by atoms with Gasteiger partial charge in [0.1, 0.15) is 0 Å². The number of rotatable bonds is 6. The molecule has 6 nitrogen and oxygen atoms in total. The van der Waals surface area contributed by atoms with Crippen LogP contribution < -0.4 is 10.1 Å². The predicted molar refractivity (Wildman–Crippen MR) is 104 cm³/mol. The van der Waals surface area contributed by atoms with E-state index in [9.17, 15) is 4.79 Å². The second-order valence-corrected chi connectivity index (χ2v) is 7.00. The van der Waals surface area contributed by atoms with Gasteiger partial charge in [-0.05, 0) is 37.6 Å². The van der Waals surface area contributed by atoms with Crippen molar-refractivity contribution in [3.05, 3.63) is 59.3 Å². The summed E-state index contributed by atoms with van der Waals surface area (Å²) in [6.07, 6.45) is 2.17.